The number of nitrogens with one attached hydrogen (secondary N) is 1. The summed E-state index contributed by atoms with van der Waals surface area (Å²) in [5.74, 6) is 0.408. The predicted molar refractivity (Wildman–Crippen MR) is 109 cm³/mol. The van der Waals surface area contributed by atoms with Crippen LogP contribution in [-0.2, 0) is 5.41 Å². The highest BCUT2D eigenvalue weighted by Gasteiger charge is 2.39. The number of nitrogen functional groups attached to an aromatic ring is 1. The summed E-state index contributed by atoms with van der Waals surface area (Å²) in [7, 11) is 0. The van der Waals surface area contributed by atoms with Crippen LogP contribution >= 0.6 is 0 Å². The number of aliphatic hydroxyl groups excluding tert-OH is 3. The molecule has 4 rings (SSSR count). The van der Waals surface area contributed by atoms with Gasteiger partial charge in [0, 0.05) is 33.3 Å². The van der Waals surface area contributed by atoms with Gasteiger partial charge in [0.15, 0.2) is 5.78 Å². The molecular weight excluding hydrogens is 372 g/mol. The smallest absolute Gasteiger partial charge is 0.195 e. The summed E-state index contributed by atoms with van der Waals surface area (Å²) >= 11 is 0. The minimum atomic E-state index is -1.27. The first-order chi connectivity index (χ1) is 13.7. The van der Waals surface area contributed by atoms with Crippen LogP contribution in [0.3, 0.4) is 0 Å². The number of benzene rings is 2. The van der Waals surface area contributed by atoms with E-state index in [9.17, 15) is 15.0 Å². The summed E-state index contributed by atoms with van der Waals surface area (Å²) < 4.78 is 5.59. The molecule has 2 atom stereocenters. The first kappa shape index (κ1) is 19.4. The van der Waals surface area contributed by atoms with Gasteiger partial charge in [-0.1, -0.05) is 19.9 Å². The molecule has 0 saturated heterocycles. The summed E-state index contributed by atoms with van der Waals surface area (Å²) in [5, 5.41) is 29.0. The zero-order valence-corrected chi connectivity index (χ0v) is 16.3. The zero-order chi connectivity index (χ0) is 20.9. The lowest BCUT2D eigenvalue weighted by Crippen LogP contribution is -2.34. The lowest BCUT2D eigenvalue weighted by molar-refractivity contribution is -0.0339. The minimum absolute atomic E-state index is 0.0624. The van der Waals surface area contributed by atoms with E-state index in [-0.39, 0.29) is 12.4 Å². The van der Waals surface area contributed by atoms with Gasteiger partial charge in [-0.25, -0.2) is 0 Å². The molecule has 3 aromatic rings. The maximum atomic E-state index is 13.3. The molecular formula is C22H24N2O5. The highest BCUT2D eigenvalue weighted by atomic mass is 16.5. The summed E-state index contributed by atoms with van der Waals surface area (Å²) in [6, 6.07) is 10.7. The fourth-order valence-corrected chi connectivity index (χ4v) is 3.93. The number of hydrogen-bond donors (Lipinski definition) is 5. The van der Waals surface area contributed by atoms with Crippen LogP contribution in [0.1, 0.15) is 41.0 Å². The second kappa shape index (κ2) is 6.88. The number of H-pyrrole nitrogens is 1. The van der Waals surface area contributed by atoms with E-state index in [4.69, 9.17) is 15.6 Å². The maximum Gasteiger partial charge on any atom is 0.195 e. The number of anilines is 1. The third-order valence-electron chi connectivity index (χ3n) is 5.64. The van der Waals surface area contributed by atoms with Gasteiger partial charge < -0.3 is 30.8 Å². The standard InChI is InChI=1S/C22H24N2O5/c1-22(2)15-8-12(29-10-18(27)17(26)9-25)4-6-13(15)20(28)19-14-5-3-11(23)7-16(14)24-21(19)22/h3-8,17-18,24-27H,9-10,23H2,1-2H3/t17-,18-/m1/s1. The number of carbonyl (C=O) groups is 1. The normalized spacial score (nSPS) is 16.9. The van der Waals surface area contributed by atoms with E-state index in [0.29, 0.717) is 22.6 Å². The number of nitrogens with two attached hydrogens (primary N) is 1. The van der Waals surface area contributed by atoms with Gasteiger partial charge in [0.25, 0.3) is 0 Å². The van der Waals surface area contributed by atoms with Crippen LogP contribution in [0.15, 0.2) is 36.4 Å². The molecule has 0 spiro atoms. The van der Waals surface area contributed by atoms with E-state index < -0.39 is 24.2 Å². The van der Waals surface area contributed by atoms with Crippen molar-refractivity contribution in [1.82, 2.24) is 4.98 Å². The topological polar surface area (TPSA) is 129 Å². The molecule has 1 aliphatic rings. The van der Waals surface area contributed by atoms with Crippen molar-refractivity contribution in [2.75, 3.05) is 18.9 Å². The Morgan fingerprint density at radius 2 is 1.90 bits per heavy atom. The number of aromatic amines is 1. The van der Waals surface area contributed by atoms with Gasteiger partial charge in [0.05, 0.1) is 12.2 Å². The Kier molecular flexibility index (Phi) is 4.61. The van der Waals surface area contributed by atoms with Gasteiger partial charge in [0.1, 0.15) is 24.6 Å². The number of ether oxygens (including phenoxy) is 1. The predicted octanol–water partition coefficient (Wildman–Crippen LogP) is 1.71. The van der Waals surface area contributed by atoms with Gasteiger partial charge >= 0.3 is 0 Å². The number of carbonyl (C=O) groups excluding carboxylic acids is 1. The Labute approximate surface area is 167 Å². The SMILES string of the molecule is CC1(C)c2cc(OC[C@@H](O)[C@H](O)CO)ccc2C(=O)c2c1[nH]c1cc(N)ccc21. The maximum absolute atomic E-state index is 13.3. The van der Waals surface area contributed by atoms with Crippen molar-refractivity contribution in [3.05, 3.63) is 58.8 Å². The molecule has 6 N–H and O–H groups in total. The second-order valence-electron chi connectivity index (χ2n) is 7.97. The highest BCUT2D eigenvalue weighted by Crippen LogP contribution is 2.44. The van der Waals surface area contributed by atoms with Crippen molar-refractivity contribution < 1.29 is 24.9 Å². The average molecular weight is 396 g/mol. The van der Waals surface area contributed by atoms with E-state index in [1.807, 2.05) is 26.0 Å². The van der Waals surface area contributed by atoms with E-state index in [1.54, 1.807) is 24.3 Å². The fourth-order valence-electron chi connectivity index (χ4n) is 3.93. The molecule has 2 aromatic carbocycles. The Hall–Kier alpha value is -2.87. The molecule has 0 saturated carbocycles. The van der Waals surface area contributed by atoms with Crippen molar-refractivity contribution >= 4 is 22.4 Å². The first-order valence-electron chi connectivity index (χ1n) is 9.44. The fraction of sp³-hybridized carbons (Fsp3) is 0.318. The molecule has 0 aliphatic heterocycles. The van der Waals surface area contributed by atoms with Crippen LogP contribution in [0.2, 0.25) is 0 Å². The molecule has 1 aromatic heterocycles. The molecule has 0 amide bonds. The average Bonchev–Trinajstić information content (AvgIpc) is 3.09. The van der Waals surface area contributed by atoms with E-state index in [2.05, 4.69) is 4.98 Å². The van der Waals surface area contributed by atoms with Crippen molar-refractivity contribution in [2.24, 2.45) is 0 Å². The van der Waals surface area contributed by atoms with Gasteiger partial charge in [-0.3, -0.25) is 4.79 Å². The van der Waals surface area contributed by atoms with Gasteiger partial charge in [0.2, 0.25) is 0 Å². The van der Waals surface area contributed by atoms with Crippen molar-refractivity contribution in [3.8, 4) is 5.75 Å². The summed E-state index contributed by atoms with van der Waals surface area (Å²) in [5.41, 5.74) is 9.75. The minimum Gasteiger partial charge on any atom is -0.491 e. The number of aromatic nitrogens is 1. The number of fused-ring (bicyclic) bond motifs is 4. The molecule has 0 radical (unpaired) electrons. The first-order valence-corrected chi connectivity index (χ1v) is 9.44. The third-order valence-corrected chi connectivity index (χ3v) is 5.64. The Balaban J connectivity index is 1.74. The van der Waals surface area contributed by atoms with Gasteiger partial charge in [-0.15, -0.1) is 0 Å². The summed E-state index contributed by atoms with van der Waals surface area (Å²) in [4.78, 5) is 16.6. The summed E-state index contributed by atoms with van der Waals surface area (Å²) in [6.45, 7) is 3.34. The number of ketones is 1. The molecule has 0 unspecified atom stereocenters. The largest absolute Gasteiger partial charge is 0.491 e. The van der Waals surface area contributed by atoms with Crippen molar-refractivity contribution in [2.45, 2.75) is 31.5 Å². The van der Waals surface area contributed by atoms with Gasteiger partial charge in [-0.05, 0) is 35.9 Å². The second-order valence-corrected chi connectivity index (χ2v) is 7.97. The van der Waals surface area contributed by atoms with Crippen LogP contribution in [0.5, 0.6) is 5.75 Å². The molecule has 1 aliphatic carbocycles. The van der Waals surface area contributed by atoms with E-state index in [0.717, 1.165) is 22.2 Å². The number of hydrogen-bond acceptors (Lipinski definition) is 6. The van der Waals surface area contributed by atoms with Crippen LogP contribution < -0.4 is 10.5 Å². The number of aliphatic hydroxyl groups is 3. The Morgan fingerprint density at radius 1 is 1.14 bits per heavy atom. The quantitative estimate of drug-likeness (QED) is 0.418. The molecule has 0 fully saturated rings. The van der Waals surface area contributed by atoms with Crippen molar-refractivity contribution in [1.29, 1.82) is 0 Å². The van der Waals surface area contributed by atoms with Gasteiger partial charge in [-0.2, -0.15) is 0 Å². The number of rotatable bonds is 5. The lowest BCUT2D eigenvalue weighted by atomic mass is 9.71. The van der Waals surface area contributed by atoms with Crippen molar-refractivity contribution in [3.63, 3.8) is 0 Å². The van der Waals surface area contributed by atoms with Crippen LogP contribution in [-0.4, -0.2) is 51.5 Å². The molecule has 7 heteroatoms. The van der Waals surface area contributed by atoms with Crippen LogP contribution in [0, 0.1) is 0 Å². The van der Waals surface area contributed by atoms with Crippen LogP contribution in [0.4, 0.5) is 5.69 Å². The molecule has 29 heavy (non-hydrogen) atoms. The van der Waals surface area contributed by atoms with Crippen LogP contribution in [0.25, 0.3) is 10.9 Å². The molecule has 152 valence electrons. The van der Waals surface area contributed by atoms with E-state index >= 15 is 0 Å². The highest BCUT2D eigenvalue weighted by molar-refractivity contribution is 6.20. The monoisotopic (exact) mass is 396 g/mol. The zero-order valence-electron chi connectivity index (χ0n) is 16.3. The molecule has 0 bridgehead atoms. The molecule has 7 nitrogen and oxygen atoms in total. The lowest BCUT2D eigenvalue weighted by Gasteiger charge is -2.32. The Morgan fingerprint density at radius 3 is 2.62 bits per heavy atom. The molecule has 1 heterocycles. The third kappa shape index (κ3) is 3.07. The van der Waals surface area contributed by atoms with E-state index in [1.165, 1.54) is 0 Å². The Bertz CT molecular complexity index is 1100. The summed E-state index contributed by atoms with van der Waals surface area (Å²) in [6.07, 6.45) is -2.48.